The van der Waals surface area contributed by atoms with Crippen molar-refractivity contribution in [3.8, 4) is 0 Å². The Balaban J connectivity index is 1.76. The van der Waals surface area contributed by atoms with Gasteiger partial charge in [-0.2, -0.15) is 0 Å². The predicted molar refractivity (Wildman–Crippen MR) is 103 cm³/mol. The fraction of sp³-hybridized carbons (Fsp3) is 0.636. The Morgan fingerprint density at radius 3 is 2.58 bits per heavy atom. The molecule has 1 spiro atoms. The number of rotatable bonds is 4. The molecule has 3 aliphatic rings. The Bertz CT molecular complexity index is 712. The molecule has 4 rings (SSSR count). The maximum Gasteiger partial charge on any atom is 0.228 e. The number of benzene rings is 1. The van der Waals surface area contributed by atoms with Crippen LogP contribution in [0.25, 0.3) is 0 Å². The zero-order chi connectivity index (χ0) is 18.5. The molecule has 2 fully saturated rings. The van der Waals surface area contributed by atoms with Crippen molar-refractivity contribution in [1.29, 1.82) is 0 Å². The second kappa shape index (κ2) is 6.49. The van der Waals surface area contributed by atoms with Crippen LogP contribution in [0.3, 0.4) is 0 Å². The molecule has 0 unspecified atom stereocenters. The van der Waals surface area contributed by atoms with Crippen LogP contribution in [0.15, 0.2) is 35.3 Å². The second-order valence-corrected chi connectivity index (χ2v) is 8.23. The molecule has 1 saturated carbocycles. The van der Waals surface area contributed by atoms with Gasteiger partial charge in [-0.15, -0.1) is 0 Å². The third-order valence-electron chi connectivity index (χ3n) is 7.10. The summed E-state index contributed by atoms with van der Waals surface area (Å²) in [6, 6.07) is 10.6. The number of fused-ring (bicyclic) bond motifs is 1. The number of carbonyl (C=O) groups is 1. The van der Waals surface area contributed by atoms with E-state index in [1.807, 2.05) is 11.9 Å². The van der Waals surface area contributed by atoms with Gasteiger partial charge in [-0.3, -0.25) is 9.79 Å². The van der Waals surface area contributed by atoms with Crippen molar-refractivity contribution < 1.29 is 9.53 Å². The molecule has 1 saturated heterocycles. The van der Waals surface area contributed by atoms with Crippen molar-refractivity contribution in [1.82, 2.24) is 4.90 Å². The van der Waals surface area contributed by atoms with Crippen LogP contribution in [0, 0.1) is 17.8 Å². The first-order valence-electron chi connectivity index (χ1n) is 10.1. The average molecular weight is 354 g/mol. The van der Waals surface area contributed by atoms with Gasteiger partial charge in [-0.05, 0) is 36.7 Å². The minimum atomic E-state index is -0.604. The molecular formula is C22H30N2O2. The number of amides is 1. The zero-order valence-electron chi connectivity index (χ0n) is 16.3. The molecule has 0 radical (unpaired) electrons. The van der Waals surface area contributed by atoms with Gasteiger partial charge in [0.05, 0.1) is 5.71 Å². The van der Waals surface area contributed by atoms with Gasteiger partial charge in [0.1, 0.15) is 0 Å². The largest absolute Gasteiger partial charge is 0.325 e. The Kier molecular flexibility index (Phi) is 4.42. The fourth-order valence-corrected chi connectivity index (χ4v) is 5.25. The summed E-state index contributed by atoms with van der Waals surface area (Å²) < 4.78 is 6.58. The van der Waals surface area contributed by atoms with E-state index < -0.39 is 5.72 Å². The molecule has 1 aliphatic carbocycles. The second-order valence-electron chi connectivity index (χ2n) is 8.23. The summed E-state index contributed by atoms with van der Waals surface area (Å²) in [5.41, 5.74) is 1.80. The molecule has 1 aromatic carbocycles. The topological polar surface area (TPSA) is 41.9 Å². The lowest BCUT2D eigenvalue weighted by molar-refractivity contribution is -0.148. The molecule has 0 N–H and O–H groups in total. The standard InChI is InChI=1S/C22H30N2O2/c1-5-15(6-2)20-23-19-12-17(16-10-8-7-9-11-16)14(3)18-13-22(19,26-20)24(4)21(18)25/h7-11,14-15,17-18,20H,5-6,12-13H2,1-4H3/t14-,17+,18+,20-,22+/m1/s1. The molecule has 1 aromatic rings. The van der Waals surface area contributed by atoms with E-state index in [4.69, 9.17) is 9.73 Å². The lowest BCUT2D eigenvalue weighted by Gasteiger charge is -2.35. The number of likely N-dealkylation sites (tertiary alicyclic amines) is 1. The van der Waals surface area contributed by atoms with E-state index >= 15 is 0 Å². The van der Waals surface area contributed by atoms with Gasteiger partial charge in [-0.1, -0.05) is 51.1 Å². The van der Waals surface area contributed by atoms with Crippen LogP contribution in [-0.4, -0.2) is 35.5 Å². The highest BCUT2D eigenvalue weighted by Gasteiger charge is 2.61. The number of hydrogen-bond acceptors (Lipinski definition) is 3. The van der Waals surface area contributed by atoms with Gasteiger partial charge in [0, 0.05) is 25.3 Å². The van der Waals surface area contributed by atoms with Crippen molar-refractivity contribution >= 4 is 11.6 Å². The molecule has 140 valence electrons. The average Bonchev–Trinajstić information content (AvgIpc) is 3.10. The molecule has 2 aliphatic heterocycles. The summed E-state index contributed by atoms with van der Waals surface area (Å²) in [5, 5.41) is 0. The Labute approximate surface area is 156 Å². The predicted octanol–water partition coefficient (Wildman–Crippen LogP) is 4.22. The maximum absolute atomic E-state index is 13.1. The Hall–Kier alpha value is -1.68. The Morgan fingerprint density at radius 1 is 1.23 bits per heavy atom. The number of aliphatic imine (C=N–C) groups is 1. The van der Waals surface area contributed by atoms with E-state index in [9.17, 15) is 4.79 Å². The molecule has 5 atom stereocenters. The van der Waals surface area contributed by atoms with Gasteiger partial charge in [0.2, 0.25) is 5.91 Å². The van der Waals surface area contributed by atoms with Gasteiger partial charge in [0.25, 0.3) is 0 Å². The van der Waals surface area contributed by atoms with E-state index in [2.05, 4.69) is 51.1 Å². The quantitative estimate of drug-likeness (QED) is 0.812. The van der Waals surface area contributed by atoms with Crippen molar-refractivity contribution in [3.63, 3.8) is 0 Å². The van der Waals surface area contributed by atoms with Gasteiger partial charge in [-0.25, -0.2) is 0 Å². The molecular weight excluding hydrogens is 324 g/mol. The monoisotopic (exact) mass is 354 g/mol. The van der Waals surface area contributed by atoms with Crippen LogP contribution in [0.5, 0.6) is 0 Å². The van der Waals surface area contributed by atoms with Gasteiger partial charge < -0.3 is 9.64 Å². The summed E-state index contributed by atoms with van der Waals surface area (Å²) in [6.45, 7) is 6.63. The summed E-state index contributed by atoms with van der Waals surface area (Å²) in [4.78, 5) is 20.0. The first-order valence-corrected chi connectivity index (χ1v) is 10.1. The van der Waals surface area contributed by atoms with Gasteiger partial charge in [0.15, 0.2) is 12.0 Å². The lowest BCUT2D eigenvalue weighted by atomic mass is 9.78. The number of ether oxygens (including phenoxy) is 1. The summed E-state index contributed by atoms with van der Waals surface area (Å²) >= 11 is 0. The first-order chi connectivity index (χ1) is 12.5. The van der Waals surface area contributed by atoms with Crippen LogP contribution in [0.2, 0.25) is 0 Å². The lowest BCUT2D eigenvalue weighted by Crippen LogP contribution is -2.51. The van der Waals surface area contributed by atoms with E-state index in [-0.39, 0.29) is 24.0 Å². The highest BCUT2D eigenvalue weighted by atomic mass is 16.6. The summed E-state index contributed by atoms with van der Waals surface area (Å²) in [6.07, 6.45) is 3.62. The fourth-order valence-electron chi connectivity index (χ4n) is 5.25. The third-order valence-corrected chi connectivity index (χ3v) is 7.10. The smallest absolute Gasteiger partial charge is 0.228 e. The SMILES string of the molecule is CCC(CC)[C@@H]1N=C2C[C@H](c3ccccc3)[C@@H](C)[C@@H]3C[C@@]2(O1)N(C)C3=O. The van der Waals surface area contributed by atoms with Crippen LogP contribution >= 0.6 is 0 Å². The van der Waals surface area contributed by atoms with Crippen molar-refractivity contribution in [2.75, 3.05) is 7.05 Å². The number of carbonyl (C=O) groups excluding carboxylic acids is 1. The third kappa shape index (κ3) is 2.45. The summed E-state index contributed by atoms with van der Waals surface area (Å²) in [5.74, 6) is 1.26. The van der Waals surface area contributed by atoms with Crippen LogP contribution in [0.1, 0.15) is 57.9 Å². The van der Waals surface area contributed by atoms with E-state index in [0.29, 0.717) is 11.8 Å². The minimum Gasteiger partial charge on any atom is -0.325 e. The summed E-state index contributed by atoms with van der Waals surface area (Å²) in [7, 11) is 1.91. The van der Waals surface area contributed by atoms with Crippen LogP contribution in [-0.2, 0) is 9.53 Å². The first kappa shape index (κ1) is 17.7. The molecule has 4 heteroatoms. The molecule has 0 aromatic heterocycles. The van der Waals surface area contributed by atoms with Crippen LogP contribution < -0.4 is 0 Å². The maximum atomic E-state index is 13.1. The molecule has 2 bridgehead atoms. The molecule has 4 nitrogen and oxygen atoms in total. The number of hydrogen-bond donors (Lipinski definition) is 0. The minimum absolute atomic E-state index is 0.0124. The normalized spacial score (nSPS) is 36.3. The molecule has 26 heavy (non-hydrogen) atoms. The highest BCUT2D eigenvalue weighted by Crippen LogP contribution is 2.52. The van der Waals surface area contributed by atoms with Crippen LogP contribution in [0.4, 0.5) is 0 Å². The molecule has 1 amide bonds. The van der Waals surface area contributed by atoms with E-state index in [1.54, 1.807) is 0 Å². The van der Waals surface area contributed by atoms with E-state index in [1.165, 1.54) is 5.56 Å². The molecule has 2 heterocycles. The van der Waals surface area contributed by atoms with Crippen molar-refractivity contribution in [2.24, 2.45) is 22.7 Å². The number of nitrogens with zero attached hydrogens (tertiary/aromatic N) is 2. The van der Waals surface area contributed by atoms with Gasteiger partial charge >= 0.3 is 0 Å². The van der Waals surface area contributed by atoms with E-state index in [0.717, 1.165) is 31.4 Å². The zero-order valence-corrected chi connectivity index (χ0v) is 16.3. The Morgan fingerprint density at radius 2 is 1.92 bits per heavy atom. The van der Waals surface area contributed by atoms with Crippen molar-refractivity contribution in [2.45, 2.75) is 64.3 Å². The highest BCUT2D eigenvalue weighted by molar-refractivity contribution is 6.01. The van der Waals surface area contributed by atoms with Crippen molar-refractivity contribution in [3.05, 3.63) is 35.9 Å².